The summed E-state index contributed by atoms with van der Waals surface area (Å²) in [7, 11) is 0. The van der Waals surface area contributed by atoms with Crippen molar-refractivity contribution in [2.45, 2.75) is 26.8 Å². The van der Waals surface area contributed by atoms with Gasteiger partial charge in [0, 0.05) is 43.8 Å². The van der Waals surface area contributed by atoms with E-state index in [1.807, 2.05) is 61.3 Å². The molecule has 0 amide bonds. The molecule has 0 bridgehead atoms. The largest absolute Gasteiger partial charge is 0.312 e. The molecule has 0 saturated carbocycles. The van der Waals surface area contributed by atoms with Crippen LogP contribution in [0.25, 0.3) is 5.95 Å². The van der Waals surface area contributed by atoms with Crippen molar-refractivity contribution in [3.63, 3.8) is 0 Å². The molecule has 4 heteroatoms. The van der Waals surface area contributed by atoms with Gasteiger partial charge in [0.1, 0.15) is 0 Å². The molecule has 0 atom stereocenters. The van der Waals surface area contributed by atoms with Gasteiger partial charge in [-0.1, -0.05) is 44.2 Å². The van der Waals surface area contributed by atoms with Crippen molar-refractivity contribution < 1.29 is 0 Å². The maximum Gasteiger partial charge on any atom is 0.233 e. The zero-order chi connectivity index (χ0) is 16.3. The Labute approximate surface area is 138 Å². The van der Waals surface area contributed by atoms with Crippen molar-refractivity contribution >= 4 is 0 Å². The van der Waals surface area contributed by atoms with Crippen molar-refractivity contribution in [1.29, 1.82) is 0 Å². The maximum atomic E-state index is 4.57. The number of hydrogen-bond acceptors (Lipinski definition) is 3. The number of aromatic nitrogens is 3. The van der Waals surface area contributed by atoms with Gasteiger partial charge >= 0.3 is 0 Å². The Morgan fingerprint density at radius 2 is 1.70 bits per heavy atom. The van der Waals surface area contributed by atoms with E-state index in [-0.39, 0.29) is 0 Å². The number of nitrogens with zero attached hydrogens (tertiary/aromatic N) is 3. The Bertz CT molecular complexity index is 663. The highest BCUT2D eigenvalue weighted by molar-refractivity contribution is 5.17. The first-order chi connectivity index (χ1) is 11.4. The fourth-order valence-electron chi connectivity index (χ4n) is 2.16. The zero-order valence-electron chi connectivity index (χ0n) is 13.8. The first-order valence-electron chi connectivity index (χ1n) is 8.12. The van der Waals surface area contributed by atoms with E-state index in [0.717, 1.165) is 31.2 Å². The van der Waals surface area contributed by atoms with Gasteiger partial charge in [0.2, 0.25) is 5.95 Å². The molecular weight excluding hydrogens is 284 g/mol. The Balaban J connectivity index is 0.000000924. The fraction of sp³-hybridized carbons (Fsp3) is 0.263. The summed E-state index contributed by atoms with van der Waals surface area (Å²) in [5.74, 6) is 0.723. The molecule has 2 heterocycles. The third-order valence-electron chi connectivity index (χ3n) is 3.27. The number of nitrogens with one attached hydrogen (secondary N) is 1. The first-order valence-corrected chi connectivity index (χ1v) is 8.12. The van der Waals surface area contributed by atoms with Gasteiger partial charge in [-0.05, 0) is 23.8 Å². The van der Waals surface area contributed by atoms with Crippen LogP contribution in [-0.2, 0) is 13.0 Å². The number of benzene rings is 1. The third-order valence-corrected chi connectivity index (χ3v) is 3.27. The van der Waals surface area contributed by atoms with Crippen LogP contribution in [0.5, 0.6) is 0 Å². The molecule has 2 aromatic heterocycles. The van der Waals surface area contributed by atoms with Gasteiger partial charge in [-0.25, -0.2) is 9.97 Å². The monoisotopic (exact) mass is 308 g/mol. The second-order valence-corrected chi connectivity index (χ2v) is 4.85. The molecule has 23 heavy (non-hydrogen) atoms. The molecule has 3 aromatic rings. The van der Waals surface area contributed by atoms with Gasteiger partial charge < -0.3 is 5.32 Å². The molecule has 0 aliphatic carbocycles. The minimum absolute atomic E-state index is 0.723. The van der Waals surface area contributed by atoms with E-state index in [0.29, 0.717) is 0 Å². The van der Waals surface area contributed by atoms with Gasteiger partial charge in [-0.2, -0.15) is 0 Å². The SMILES string of the molecule is CC.c1ccc(CNCCc2ccnc(-n3cccc3)n2)cc1. The number of hydrogen-bond donors (Lipinski definition) is 1. The summed E-state index contributed by atoms with van der Waals surface area (Å²) in [5.41, 5.74) is 2.35. The summed E-state index contributed by atoms with van der Waals surface area (Å²) in [6.45, 7) is 5.79. The minimum atomic E-state index is 0.723. The van der Waals surface area contributed by atoms with Crippen LogP contribution in [0, 0.1) is 0 Å². The average molecular weight is 308 g/mol. The molecule has 0 saturated heterocycles. The number of rotatable bonds is 6. The highest BCUT2D eigenvalue weighted by Crippen LogP contribution is 2.03. The lowest BCUT2D eigenvalue weighted by Gasteiger charge is -2.06. The summed E-state index contributed by atoms with van der Waals surface area (Å²) in [6, 6.07) is 16.3. The third kappa shape index (κ3) is 5.34. The van der Waals surface area contributed by atoms with Gasteiger partial charge in [0.25, 0.3) is 0 Å². The molecule has 3 rings (SSSR count). The minimum Gasteiger partial charge on any atom is -0.312 e. The first kappa shape index (κ1) is 16.9. The predicted octanol–water partition coefficient (Wildman–Crippen LogP) is 3.63. The summed E-state index contributed by atoms with van der Waals surface area (Å²) in [5, 5.41) is 3.44. The summed E-state index contributed by atoms with van der Waals surface area (Å²) in [4.78, 5) is 8.86. The topological polar surface area (TPSA) is 42.7 Å². The lowest BCUT2D eigenvalue weighted by Crippen LogP contribution is -2.17. The van der Waals surface area contributed by atoms with Crippen molar-refractivity contribution in [2.75, 3.05) is 6.54 Å². The Hall–Kier alpha value is -2.46. The van der Waals surface area contributed by atoms with E-state index >= 15 is 0 Å². The van der Waals surface area contributed by atoms with Crippen molar-refractivity contribution in [3.05, 3.63) is 78.4 Å². The highest BCUT2D eigenvalue weighted by Gasteiger charge is 2.01. The van der Waals surface area contributed by atoms with Gasteiger partial charge in [-0.3, -0.25) is 4.57 Å². The standard InChI is InChI=1S/C17H18N4.C2H6/c1-2-6-15(7-3-1)14-18-10-8-16-9-11-19-17(20-16)21-12-4-5-13-21;1-2/h1-7,9,11-13,18H,8,10,14H2;1-2H3. The average Bonchev–Trinajstić information content (AvgIpc) is 3.16. The van der Waals surface area contributed by atoms with E-state index in [1.54, 1.807) is 0 Å². The predicted molar refractivity (Wildman–Crippen MR) is 94.6 cm³/mol. The van der Waals surface area contributed by atoms with Crippen LogP contribution >= 0.6 is 0 Å². The van der Waals surface area contributed by atoms with Gasteiger partial charge in [-0.15, -0.1) is 0 Å². The molecule has 0 radical (unpaired) electrons. The van der Waals surface area contributed by atoms with Crippen LogP contribution in [0.15, 0.2) is 67.1 Å². The Morgan fingerprint density at radius 1 is 0.957 bits per heavy atom. The van der Waals surface area contributed by atoms with Crippen LogP contribution in [0.4, 0.5) is 0 Å². The molecule has 0 aliphatic rings. The molecule has 0 spiro atoms. The van der Waals surface area contributed by atoms with Crippen molar-refractivity contribution in [2.24, 2.45) is 0 Å². The van der Waals surface area contributed by atoms with Crippen LogP contribution in [0.1, 0.15) is 25.1 Å². The second-order valence-electron chi connectivity index (χ2n) is 4.85. The zero-order valence-corrected chi connectivity index (χ0v) is 13.8. The quantitative estimate of drug-likeness (QED) is 0.707. The van der Waals surface area contributed by atoms with Crippen molar-refractivity contribution in [1.82, 2.24) is 19.9 Å². The van der Waals surface area contributed by atoms with Crippen molar-refractivity contribution in [3.8, 4) is 5.95 Å². The summed E-state index contributed by atoms with van der Waals surface area (Å²) < 4.78 is 1.92. The van der Waals surface area contributed by atoms with Gasteiger partial charge in [0.15, 0.2) is 0 Å². The maximum absolute atomic E-state index is 4.57. The highest BCUT2D eigenvalue weighted by atomic mass is 15.1. The van der Waals surface area contributed by atoms with E-state index in [1.165, 1.54) is 5.56 Å². The molecular formula is C19H24N4. The Kier molecular flexibility index (Phi) is 7.01. The van der Waals surface area contributed by atoms with E-state index in [2.05, 4.69) is 39.6 Å². The molecule has 120 valence electrons. The normalized spacial score (nSPS) is 10.0. The summed E-state index contributed by atoms with van der Waals surface area (Å²) >= 11 is 0. The van der Waals surface area contributed by atoms with Gasteiger partial charge in [0.05, 0.1) is 0 Å². The Morgan fingerprint density at radius 3 is 2.43 bits per heavy atom. The van der Waals surface area contributed by atoms with E-state index in [9.17, 15) is 0 Å². The van der Waals surface area contributed by atoms with Crippen LogP contribution in [0.3, 0.4) is 0 Å². The van der Waals surface area contributed by atoms with E-state index in [4.69, 9.17) is 0 Å². The molecule has 0 unspecified atom stereocenters. The lowest BCUT2D eigenvalue weighted by molar-refractivity contribution is 0.677. The molecule has 4 nitrogen and oxygen atoms in total. The van der Waals surface area contributed by atoms with Crippen LogP contribution in [0.2, 0.25) is 0 Å². The fourth-order valence-corrected chi connectivity index (χ4v) is 2.16. The molecule has 1 N–H and O–H groups in total. The van der Waals surface area contributed by atoms with Crippen LogP contribution < -0.4 is 5.32 Å². The van der Waals surface area contributed by atoms with E-state index < -0.39 is 0 Å². The van der Waals surface area contributed by atoms with Crippen LogP contribution in [-0.4, -0.2) is 21.1 Å². The molecule has 1 aromatic carbocycles. The molecule has 0 aliphatic heterocycles. The summed E-state index contributed by atoms with van der Waals surface area (Å²) in [6.07, 6.45) is 6.61. The molecule has 0 fully saturated rings. The second kappa shape index (κ2) is 9.54. The lowest BCUT2D eigenvalue weighted by atomic mass is 10.2. The smallest absolute Gasteiger partial charge is 0.233 e.